The van der Waals surface area contributed by atoms with Gasteiger partial charge in [-0.25, -0.2) is 0 Å². The SMILES string of the molecule is C/C(N)=N\O.C/C(N)=N\O.c1ccc(Cc2ccccc2)cc1. The summed E-state index contributed by atoms with van der Waals surface area (Å²) in [6, 6.07) is 21.1. The Balaban J connectivity index is 0.000000406. The van der Waals surface area contributed by atoms with Crippen molar-refractivity contribution < 1.29 is 10.4 Å². The quantitative estimate of drug-likeness (QED) is 0.295. The number of amidine groups is 2. The van der Waals surface area contributed by atoms with Gasteiger partial charge in [0.25, 0.3) is 0 Å². The average molecular weight is 316 g/mol. The maximum absolute atomic E-state index is 7.61. The molecule has 0 atom stereocenters. The number of hydrogen-bond acceptors (Lipinski definition) is 4. The lowest BCUT2D eigenvalue weighted by Crippen LogP contribution is -2.03. The highest BCUT2D eigenvalue weighted by Gasteiger charge is 1.92. The van der Waals surface area contributed by atoms with Gasteiger partial charge in [0.05, 0.1) is 0 Å². The first-order valence-electron chi connectivity index (χ1n) is 6.95. The molecule has 0 radical (unpaired) electrons. The summed E-state index contributed by atoms with van der Waals surface area (Å²) in [5.74, 6) is 0.370. The monoisotopic (exact) mass is 316 g/mol. The van der Waals surface area contributed by atoms with Crippen LogP contribution in [-0.4, -0.2) is 22.1 Å². The summed E-state index contributed by atoms with van der Waals surface area (Å²) < 4.78 is 0. The van der Waals surface area contributed by atoms with Crippen LogP contribution >= 0.6 is 0 Å². The third-order valence-corrected chi connectivity index (χ3v) is 2.41. The lowest BCUT2D eigenvalue weighted by molar-refractivity contribution is 0.318. The predicted octanol–water partition coefficient (Wildman–Crippen LogP) is 2.78. The van der Waals surface area contributed by atoms with Gasteiger partial charge in [-0.1, -0.05) is 71.0 Å². The second-order valence-corrected chi connectivity index (χ2v) is 4.63. The molecule has 0 aliphatic carbocycles. The van der Waals surface area contributed by atoms with E-state index in [9.17, 15) is 0 Å². The van der Waals surface area contributed by atoms with Gasteiger partial charge in [-0.3, -0.25) is 0 Å². The number of nitrogens with two attached hydrogens (primary N) is 2. The molecule has 2 aromatic carbocycles. The summed E-state index contributed by atoms with van der Waals surface area (Å²) in [7, 11) is 0. The van der Waals surface area contributed by atoms with Gasteiger partial charge in [-0.05, 0) is 31.4 Å². The van der Waals surface area contributed by atoms with Gasteiger partial charge in [0.1, 0.15) is 11.7 Å². The molecule has 0 aliphatic heterocycles. The summed E-state index contributed by atoms with van der Waals surface area (Å²) in [6.45, 7) is 3.00. The van der Waals surface area contributed by atoms with Crippen molar-refractivity contribution in [2.24, 2.45) is 21.8 Å². The molecular weight excluding hydrogens is 292 g/mol. The molecule has 6 nitrogen and oxygen atoms in total. The van der Waals surface area contributed by atoms with Crippen LogP contribution in [0.5, 0.6) is 0 Å². The minimum absolute atomic E-state index is 0.185. The maximum Gasteiger partial charge on any atom is 0.135 e. The van der Waals surface area contributed by atoms with Crippen molar-refractivity contribution in [2.45, 2.75) is 20.3 Å². The Morgan fingerprint density at radius 1 is 0.739 bits per heavy atom. The molecule has 0 heterocycles. The van der Waals surface area contributed by atoms with Crippen LogP contribution in [0, 0.1) is 0 Å². The van der Waals surface area contributed by atoms with E-state index in [0.29, 0.717) is 0 Å². The van der Waals surface area contributed by atoms with Crippen LogP contribution in [0.4, 0.5) is 0 Å². The van der Waals surface area contributed by atoms with Crippen molar-refractivity contribution in [3.8, 4) is 0 Å². The molecule has 0 saturated carbocycles. The van der Waals surface area contributed by atoms with Gasteiger partial charge in [-0.15, -0.1) is 0 Å². The molecule has 0 saturated heterocycles. The van der Waals surface area contributed by atoms with Gasteiger partial charge in [0.2, 0.25) is 0 Å². The number of rotatable bonds is 2. The summed E-state index contributed by atoms with van der Waals surface area (Å²) in [4.78, 5) is 0. The first-order chi connectivity index (χ1) is 11.0. The molecule has 0 aliphatic rings. The fraction of sp³-hybridized carbons (Fsp3) is 0.176. The third-order valence-electron chi connectivity index (χ3n) is 2.41. The summed E-state index contributed by atoms with van der Waals surface area (Å²) in [5, 5.41) is 20.4. The second kappa shape index (κ2) is 12.7. The van der Waals surface area contributed by atoms with Crippen molar-refractivity contribution in [1.29, 1.82) is 0 Å². The predicted molar refractivity (Wildman–Crippen MR) is 93.9 cm³/mol. The van der Waals surface area contributed by atoms with E-state index in [1.54, 1.807) is 0 Å². The Kier molecular flexibility index (Phi) is 11.0. The van der Waals surface area contributed by atoms with Crippen LogP contribution in [0.25, 0.3) is 0 Å². The first-order valence-corrected chi connectivity index (χ1v) is 6.95. The van der Waals surface area contributed by atoms with Crippen LogP contribution < -0.4 is 11.5 Å². The Morgan fingerprint density at radius 3 is 1.22 bits per heavy atom. The molecule has 6 N–H and O–H groups in total. The molecule has 0 aromatic heterocycles. The third kappa shape index (κ3) is 12.4. The Morgan fingerprint density at radius 2 is 1.00 bits per heavy atom. The molecule has 0 spiro atoms. The summed E-state index contributed by atoms with van der Waals surface area (Å²) in [5.41, 5.74) is 12.3. The minimum Gasteiger partial charge on any atom is -0.409 e. The van der Waals surface area contributed by atoms with E-state index in [4.69, 9.17) is 21.9 Å². The standard InChI is InChI=1S/C13H12.2C2H6N2O/c1-3-7-12(8-4-1)11-13-9-5-2-6-10-13;2*1-2(3)4-5/h1-10H,11H2;2*5H,1H3,(H2,3,4). The first kappa shape index (κ1) is 20.0. The van der Waals surface area contributed by atoms with Gasteiger partial charge in [0, 0.05) is 0 Å². The summed E-state index contributed by atoms with van der Waals surface area (Å²) >= 11 is 0. The smallest absolute Gasteiger partial charge is 0.135 e. The van der Waals surface area contributed by atoms with Gasteiger partial charge in [0.15, 0.2) is 0 Å². The Bertz CT molecular complexity index is 523. The highest BCUT2D eigenvalue weighted by molar-refractivity contribution is 5.76. The zero-order valence-electron chi connectivity index (χ0n) is 13.4. The van der Waals surface area contributed by atoms with Crippen molar-refractivity contribution in [3.05, 3.63) is 71.8 Å². The molecule has 0 fully saturated rings. The molecule has 0 amide bonds. The number of hydrogen-bond donors (Lipinski definition) is 4. The maximum atomic E-state index is 7.61. The van der Waals surface area contributed by atoms with E-state index in [-0.39, 0.29) is 11.7 Å². The van der Waals surface area contributed by atoms with Crippen LogP contribution in [0.15, 0.2) is 71.0 Å². The lowest BCUT2D eigenvalue weighted by atomic mass is 10.1. The van der Waals surface area contributed by atoms with Gasteiger partial charge < -0.3 is 21.9 Å². The van der Waals surface area contributed by atoms with E-state index in [1.165, 1.54) is 25.0 Å². The highest BCUT2D eigenvalue weighted by Crippen LogP contribution is 2.07. The molecular formula is C17H24N4O2. The van der Waals surface area contributed by atoms with E-state index < -0.39 is 0 Å². The molecule has 6 heteroatoms. The minimum atomic E-state index is 0.185. The molecule has 2 aromatic rings. The van der Waals surface area contributed by atoms with Crippen LogP contribution in [0.3, 0.4) is 0 Å². The largest absolute Gasteiger partial charge is 0.409 e. The van der Waals surface area contributed by atoms with Crippen LogP contribution in [-0.2, 0) is 6.42 Å². The van der Waals surface area contributed by atoms with E-state index in [0.717, 1.165) is 6.42 Å². The average Bonchev–Trinajstić information content (AvgIpc) is 2.58. The molecule has 23 heavy (non-hydrogen) atoms. The second-order valence-electron chi connectivity index (χ2n) is 4.63. The highest BCUT2D eigenvalue weighted by atomic mass is 16.4. The molecule has 0 bridgehead atoms. The molecule has 0 unspecified atom stereocenters. The van der Waals surface area contributed by atoms with Crippen LogP contribution in [0.1, 0.15) is 25.0 Å². The fourth-order valence-electron chi connectivity index (χ4n) is 1.43. The van der Waals surface area contributed by atoms with Crippen molar-refractivity contribution in [3.63, 3.8) is 0 Å². The van der Waals surface area contributed by atoms with Crippen molar-refractivity contribution in [1.82, 2.24) is 0 Å². The number of nitrogens with zero attached hydrogens (tertiary/aromatic N) is 2. The molecule has 124 valence electrons. The fourth-order valence-corrected chi connectivity index (χ4v) is 1.43. The lowest BCUT2D eigenvalue weighted by Gasteiger charge is -2.00. The van der Waals surface area contributed by atoms with Crippen molar-refractivity contribution in [2.75, 3.05) is 0 Å². The summed E-state index contributed by atoms with van der Waals surface area (Å²) in [6.07, 6.45) is 1.03. The van der Waals surface area contributed by atoms with Gasteiger partial charge >= 0.3 is 0 Å². The van der Waals surface area contributed by atoms with Crippen molar-refractivity contribution >= 4 is 11.7 Å². The normalized spacial score (nSPS) is 10.7. The van der Waals surface area contributed by atoms with E-state index >= 15 is 0 Å². The Labute approximate surface area is 136 Å². The number of benzene rings is 2. The number of oxime groups is 2. The van der Waals surface area contributed by atoms with E-state index in [2.05, 4.69) is 71.0 Å². The van der Waals surface area contributed by atoms with Gasteiger partial charge in [-0.2, -0.15) is 0 Å². The topological polar surface area (TPSA) is 117 Å². The Hall–Kier alpha value is -3.02. The zero-order chi connectivity index (χ0) is 17.5. The molecule has 2 rings (SSSR count). The van der Waals surface area contributed by atoms with E-state index in [1.807, 2.05) is 0 Å². The van der Waals surface area contributed by atoms with Crippen LogP contribution in [0.2, 0.25) is 0 Å². The zero-order valence-corrected chi connectivity index (χ0v) is 13.4.